The minimum atomic E-state index is -0.111. The third kappa shape index (κ3) is 4.04. The maximum atomic E-state index is 8.64. The number of hydrogen-bond acceptors (Lipinski definition) is 3. The van der Waals surface area contributed by atoms with Crippen LogP contribution < -0.4 is 0 Å². The summed E-state index contributed by atoms with van der Waals surface area (Å²) in [4.78, 5) is 6.53. The zero-order valence-electron chi connectivity index (χ0n) is 8.42. The van der Waals surface area contributed by atoms with E-state index in [1.165, 1.54) is 0 Å². The van der Waals surface area contributed by atoms with Gasteiger partial charge in [0.1, 0.15) is 6.23 Å². The summed E-state index contributed by atoms with van der Waals surface area (Å²) in [7, 11) is 0. The van der Waals surface area contributed by atoms with E-state index < -0.39 is 0 Å². The molecule has 0 heterocycles. The SMILES string of the molecule is CCCCC(OO)N(CC)CC. The molecule has 0 aromatic heterocycles. The van der Waals surface area contributed by atoms with E-state index in [4.69, 9.17) is 5.26 Å². The molecule has 0 saturated heterocycles. The molecule has 0 aliphatic carbocycles. The van der Waals surface area contributed by atoms with Crippen LogP contribution >= 0.6 is 0 Å². The van der Waals surface area contributed by atoms with Gasteiger partial charge < -0.3 is 0 Å². The molecule has 1 atom stereocenters. The first-order valence-electron chi connectivity index (χ1n) is 4.84. The molecule has 0 aliphatic rings. The summed E-state index contributed by atoms with van der Waals surface area (Å²) >= 11 is 0. The fourth-order valence-corrected chi connectivity index (χ4v) is 1.31. The number of rotatable bonds is 7. The molecule has 0 saturated carbocycles. The van der Waals surface area contributed by atoms with Gasteiger partial charge in [0, 0.05) is 0 Å². The van der Waals surface area contributed by atoms with E-state index in [-0.39, 0.29) is 6.23 Å². The topological polar surface area (TPSA) is 32.7 Å². The second kappa shape index (κ2) is 7.53. The van der Waals surface area contributed by atoms with Gasteiger partial charge in [-0.2, -0.15) is 0 Å². The highest BCUT2D eigenvalue weighted by atomic mass is 17.1. The highest BCUT2D eigenvalue weighted by Crippen LogP contribution is 2.08. The summed E-state index contributed by atoms with van der Waals surface area (Å²) in [6.07, 6.45) is 3.04. The first-order chi connectivity index (χ1) is 5.79. The van der Waals surface area contributed by atoms with Crippen LogP contribution in [-0.2, 0) is 4.89 Å². The number of nitrogens with zero attached hydrogens (tertiary/aromatic N) is 1. The number of unbranched alkanes of at least 4 members (excludes halogenated alkanes) is 1. The summed E-state index contributed by atoms with van der Waals surface area (Å²) in [6.45, 7) is 8.12. The van der Waals surface area contributed by atoms with Crippen LogP contribution in [0.25, 0.3) is 0 Å². The molecule has 3 nitrogen and oxygen atoms in total. The highest BCUT2D eigenvalue weighted by molar-refractivity contribution is 4.58. The van der Waals surface area contributed by atoms with E-state index in [0.717, 1.165) is 32.4 Å². The lowest BCUT2D eigenvalue weighted by Gasteiger charge is -2.26. The molecule has 0 rings (SSSR count). The van der Waals surface area contributed by atoms with Crippen molar-refractivity contribution in [2.75, 3.05) is 13.1 Å². The monoisotopic (exact) mass is 175 g/mol. The minimum absolute atomic E-state index is 0.111. The fraction of sp³-hybridized carbons (Fsp3) is 1.00. The molecule has 1 unspecified atom stereocenters. The van der Waals surface area contributed by atoms with Gasteiger partial charge in [-0.25, -0.2) is 4.89 Å². The molecule has 12 heavy (non-hydrogen) atoms. The van der Waals surface area contributed by atoms with E-state index in [1.807, 2.05) is 0 Å². The van der Waals surface area contributed by atoms with Crippen LogP contribution in [0.5, 0.6) is 0 Å². The maximum absolute atomic E-state index is 8.64. The second-order valence-electron chi connectivity index (χ2n) is 2.92. The Bertz CT molecular complexity index is 94.5. The molecule has 0 aromatic carbocycles. The van der Waals surface area contributed by atoms with Gasteiger partial charge in [-0.15, -0.1) is 0 Å². The van der Waals surface area contributed by atoms with Crippen molar-refractivity contribution in [3.63, 3.8) is 0 Å². The summed E-state index contributed by atoms with van der Waals surface area (Å²) in [6, 6.07) is 0. The lowest BCUT2D eigenvalue weighted by molar-refractivity contribution is -0.313. The standard InChI is InChI=1S/C9H21NO2/c1-4-7-8-9(12-11)10(5-2)6-3/h9,11H,4-8H2,1-3H3. The molecule has 0 amide bonds. The smallest absolute Gasteiger partial charge is 0.145 e. The van der Waals surface area contributed by atoms with E-state index in [0.29, 0.717) is 0 Å². The highest BCUT2D eigenvalue weighted by Gasteiger charge is 2.14. The molecular formula is C9H21NO2. The summed E-state index contributed by atoms with van der Waals surface area (Å²) in [5.41, 5.74) is 0. The van der Waals surface area contributed by atoms with Gasteiger partial charge in [-0.1, -0.05) is 27.2 Å². The Labute approximate surface area is 75.3 Å². The third-order valence-corrected chi connectivity index (χ3v) is 2.15. The zero-order chi connectivity index (χ0) is 9.40. The van der Waals surface area contributed by atoms with Gasteiger partial charge in [0.2, 0.25) is 0 Å². The Morgan fingerprint density at radius 3 is 2.17 bits per heavy atom. The van der Waals surface area contributed by atoms with Crippen LogP contribution in [0.3, 0.4) is 0 Å². The normalized spacial score (nSPS) is 13.8. The summed E-state index contributed by atoms with van der Waals surface area (Å²) < 4.78 is 0. The van der Waals surface area contributed by atoms with Crippen molar-refractivity contribution in [2.45, 2.75) is 46.3 Å². The first-order valence-corrected chi connectivity index (χ1v) is 4.84. The van der Waals surface area contributed by atoms with E-state index >= 15 is 0 Å². The van der Waals surface area contributed by atoms with E-state index in [1.54, 1.807) is 0 Å². The largest absolute Gasteiger partial charge is 0.276 e. The predicted octanol–water partition coefficient (Wildman–Crippen LogP) is 2.33. The van der Waals surface area contributed by atoms with Gasteiger partial charge in [-0.3, -0.25) is 10.2 Å². The maximum Gasteiger partial charge on any atom is 0.145 e. The molecule has 0 fully saturated rings. The van der Waals surface area contributed by atoms with E-state index in [9.17, 15) is 0 Å². The average Bonchev–Trinajstić information content (AvgIpc) is 2.12. The van der Waals surface area contributed by atoms with Gasteiger partial charge in [0.05, 0.1) is 0 Å². The van der Waals surface area contributed by atoms with Crippen molar-refractivity contribution in [1.82, 2.24) is 4.90 Å². The van der Waals surface area contributed by atoms with Gasteiger partial charge in [0.15, 0.2) is 0 Å². The molecule has 1 N–H and O–H groups in total. The third-order valence-electron chi connectivity index (χ3n) is 2.15. The van der Waals surface area contributed by atoms with Crippen molar-refractivity contribution < 1.29 is 10.1 Å². The zero-order valence-corrected chi connectivity index (χ0v) is 8.42. The minimum Gasteiger partial charge on any atom is -0.276 e. The van der Waals surface area contributed by atoms with Gasteiger partial charge in [0.25, 0.3) is 0 Å². The molecule has 0 aliphatic heterocycles. The van der Waals surface area contributed by atoms with Crippen molar-refractivity contribution in [1.29, 1.82) is 0 Å². The predicted molar refractivity (Wildman–Crippen MR) is 49.9 cm³/mol. The average molecular weight is 175 g/mol. The van der Waals surface area contributed by atoms with Crippen molar-refractivity contribution in [3.05, 3.63) is 0 Å². The number of hydrogen-bond donors (Lipinski definition) is 1. The van der Waals surface area contributed by atoms with Crippen LogP contribution in [0.4, 0.5) is 0 Å². The Morgan fingerprint density at radius 1 is 1.25 bits per heavy atom. The summed E-state index contributed by atoms with van der Waals surface area (Å²) in [5.74, 6) is 0. The molecule has 3 heteroatoms. The molecule has 74 valence electrons. The van der Waals surface area contributed by atoms with Crippen LogP contribution in [0.1, 0.15) is 40.0 Å². The molecule has 0 radical (unpaired) electrons. The first kappa shape index (κ1) is 11.9. The van der Waals surface area contributed by atoms with Crippen LogP contribution in [-0.4, -0.2) is 29.5 Å². The lowest BCUT2D eigenvalue weighted by Crippen LogP contribution is -2.36. The van der Waals surface area contributed by atoms with E-state index in [2.05, 4.69) is 30.6 Å². The quantitative estimate of drug-likeness (QED) is 0.366. The Hall–Kier alpha value is -0.120. The fourth-order valence-electron chi connectivity index (χ4n) is 1.31. The van der Waals surface area contributed by atoms with Gasteiger partial charge in [-0.05, 0) is 25.9 Å². The van der Waals surface area contributed by atoms with Crippen molar-refractivity contribution >= 4 is 0 Å². The van der Waals surface area contributed by atoms with Crippen LogP contribution in [0.2, 0.25) is 0 Å². The van der Waals surface area contributed by atoms with Gasteiger partial charge >= 0.3 is 0 Å². The van der Waals surface area contributed by atoms with Crippen molar-refractivity contribution in [3.8, 4) is 0 Å². The summed E-state index contributed by atoms with van der Waals surface area (Å²) in [5, 5.41) is 8.64. The Kier molecular flexibility index (Phi) is 7.45. The second-order valence-corrected chi connectivity index (χ2v) is 2.92. The Balaban J connectivity index is 3.75. The molecule has 0 bridgehead atoms. The van der Waals surface area contributed by atoms with Crippen molar-refractivity contribution in [2.24, 2.45) is 0 Å². The van der Waals surface area contributed by atoms with Crippen LogP contribution in [0.15, 0.2) is 0 Å². The molecule has 0 spiro atoms. The lowest BCUT2D eigenvalue weighted by atomic mass is 10.2. The van der Waals surface area contributed by atoms with Crippen LogP contribution in [0, 0.1) is 0 Å². The Morgan fingerprint density at radius 2 is 1.83 bits per heavy atom. The molecule has 0 aromatic rings. The molecular weight excluding hydrogens is 154 g/mol.